The number of nitrogens with zero attached hydrogens (tertiary/aromatic N) is 2. The normalized spacial score (nSPS) is 25.8. The minimum atomic E-state index is -1.98. The number of carbonyl (C=O) groups excluding carboxylic acids is 2. The number of aromatic nitrogens is 1. The molecular weight excluding hydrogens is 426 g/mol. The first kappa shape index (κ1) is 21.4. The number of piperidine rings is 3. The van der Waals surface area contributed by atoms with Crippen LogP contribution in [-0.4, -0.2) is 58.9 Å². The van der Waals surface area contributed by atoms with E-state index in [2.05, 4.69) is 10.5 Å². The summed E-state index contributed by atoms with van der Waals surface area (Å²) in [6.07, 6.45) is 5.49. The number of anilines is 1. The lowest BCUT2D eigenvalue weighted by Gasteiger charge is -2.51. The Labute approximate surface area is 190 Å². The summed E-state index contributed by atoms with van der Waals surface area (Å²) in [6.45, 7) is 2.47. The number of furan rings is 1. The number of hydrogen-bond donors (Lipinski definition) is 2. The number of rotatable bonds is 7. The molecule has 1 aromatic carbocycles. The summed E-state index contributed by atoms with van der Waals surface area (Å²) in [5.41, 5.74) is -1.25. The number of esters is 1. The van der Waals surface area contributed by atoms with Gasteiger partial charge in [-0.05, 0) is 11.6 Å². The molecule has 3 fully saturated rings. The molecule has 9 nitrogen and oxygen atoms in total. The van der Waals surface area contributed by atoms with Gasteiger partial charge in [0.2, 0.25) is 5.60 Å². The summed E-state index contributed by atoms with van der Waals surface area (Å²) in [5.74, 6) is -0.314. The zero-order chi connectivity index (χ0) is 22.9. The molecular formula is C24H26N3O6+. The number of hydrogen-bond acceptors (Lipinski definition) is 7. The summed E-state index contributed by atoms with van der Waals surface area (Å²) in [4.78, 5) is 26.0. The molecule has 0 spiro atoms. The Kier molecular flexibility index (Phi) is 5.51. The van der Waals surface area contributed by atoms with Crippen LogP contribution in [0.1, 0.15) is 24.0 Å². The van der Waals surface area contributed by atoms with E-state index >= 15 is 0 Å². The number of nitrogens with one attached hydrogen (secondary N) is 1. The highest BCUT2D eigenvalue weighted by atomic mass is 16.6. The Hall–Kier alpha value is -3.43. The van der Waals surface area contributed by atoms with Gasteiger partial charge >= 0.3 is 5.97 Å². The lowest BCUT2D eigenvalue weighted by molar-refractivity contribution is -0.939. The van der Waals surface area contributed by atoms with Gasteiger partial charge in [0.15, 0.2) is 18.5 Å². The molecule has 172 valence electrons. The van der Waals surface area contributed by atoms with Gasteiger partial charge in [-0.15, -0.1) is 0 Å². The molecule has 2 bridgehead atoms. The van der Waals surface area contributed by atoms with Gasteiger partial charge in [0, 0.05) is 30.4 Å². The van der Waals surface area contributed by atoms with Crippen LogP contribution in [0.5, 0.6) is 0 Å². The predicted molar refractivity (Wildman–Crippen MR) is 116 cm³/mol. The van der Waals surface area contributed by atoms with Crippen molar-refractivity contribution < 1.29 is 32.9 Å². The molecule has 3 saturated heterocycles. The van der Waals surface area contributed by atoms with E-state index in [1.54, 1.807) is 36.4 Å². The van der Waals surface area contributed by atoms with Gasteiger partial charge in [0.25, 0.3) is 5.91 Å². The molecule has 1 amide bonds. The molecule has 5 heterocycles. The van der Waals surface area contributed by atoms with Gasteiger partial charge in [0.1, 0.15) is 12.8 Å². The third kappa shape index (κ3) is 4.05. The van der Waals surface area contributed by atoms with Crippen molar-refractivity contribution >= 4 is 17.7 Å². The molecule has 6 rings (SSSR count). The lowest BCUT2D eigenvalue weighted by Crippen LogP contribution is -2.66. The maximum atomic E-state index is 13.4. The number of benzene rings is 1. The van der Waals surface area contributed by atoms with Gasteiger partial charge in [-0.25, -0.2) is 4.79 Å². The van der Waals surface area contributed by atoms with Crippen molar-refractivity contribution in [1.29, 1.82) is 0 Å². The average molecular weight is 452 g/mol. The Balaban J connectivity index is 1.33. The van der Waals surface area contributed by atoms with Gasteiger partial charge < -0.3 is 28.6 Å². The van der Waals surface area contributed by atoms with E-state index in [0.717, 1.165) is 25.9 Å². The zero-order valence-electron chi connectivity index (χ0n) is 18.1. The number of amides is 1. The number of quaternary nitrogens is 1. The van der Waals surface area contributed by atoms with Crippen LogP contribution < -0.4 is 5.32 Å². The fraction of sp³-hybridized carbons (Fsp3) is 0.375. The Morgan fingerprint density at radius 2 is 1.91 bits per heavy atom. The van der Waals surface area contributed by atoms with Crippen molar-refractivity contribution in [3.63, 3.8) is 0 Å². The van der Waals surface area contributed by atoms with Gasteiger partial charge in [0.05, 0.1) is 25.6 Å². The first-order valence-corrected chi connectivity index (χ1v) is 11.1. The maximum absolute atomic E-state index is 13.4. The van der Waals surface area contributed by atoms with E-state index in [0.29, 0.717) is 28.0 Å². The summed E-state index contributed by atoms with van der Waals surface area (Å²) in [7, 11) is 0. The first-order chi connectivity index (χ1) is 16.0. The van der Waals surface area contributed by atoms with E-state index in [1.807, 2.05) is 6.07 Å². The minimum Gasteiger partial charge on any atom is -0.472 e. The Morgan fingerprint density at radius 3 is 2.58 bits per heavy atom. The van der Waals surface area contributed by atoms with Crippen LogP contribution >= 0.6 is 0 Å². The fourth-order valence-corrected chi connectivity index (χ4v) is 5.12. The summed E-state index contributed by atoms with van der Waals surface area (Å²) >= 11 is 0. The fourth-order valence-electron chi connectivity index (χ4n) is 5.12. The highest BCUT2D eigenvalue weighted by Crippen LogP contribution is 2.38. The van der Waals surface area contributed by atoms with Crippen molar-refractivity contribution in [3.05, 3.63) is 72.4 Å². The minimum absolute atomic E-state index is 0.159. The van der Waals surface area contributed by atoms with Crippen LogP contribution in [0, 0.1) is 5.92 Å². The summed E-state index contributed by atoms with van der Waals surface area (Å²) in [6, 6.07) is 11.9. The number of ether oxygens (including phenoxy) is 1. The molecule has 3 aliphatic heterocycles. The summed E-state index contributed by atoms with van der Waals surface area (Å²) < 4.78 is 16.4. The molecule has 0 radical (unpaired) electrons. The Bertz CT molecular complexity index is 1090. The standard InChI is InChI=1S/C24H25N3O6/c28-22(25-21-9-13-32-26-21)15-27-10-6-17(7-11-27)20(14-27)33-23(29)24(30,19-8-12-31-16-19)18-4-2-1-3-5-18/h1-5,8-9,12-13,16-17,20,30H,6-7,10-11,14-15H2/p+1/t17?,20-,24?,27?/m0/s1. The van der Waals surface area contributed by atoms with Crippen LogP contribution in [0.3, 0.4) is 0 Å². The van der Waals surface area contributed by atoms with Gasteiger partial charge in [-0.1, -0.05) is 35.5 Å². The largest absolute Gasteiger partial charge is 0.472 e. The quantitative estimate of drug-likeness (QED) is 0.418. The molecule has 2 aromatic heterocycles. The highest BCUT2D eigenvalue weighted by Gasteiger charge is 2.51. The van der Waals surface area contributed by atoms with Crippen LogP contribution in [0.4, 0.5) is 5.82 Å². The predicted octanol–water partition coefficient (Wildman–Crippen LogP) is 2.29. The molecule has 3 aromatic rings. The first-order valence-electron chi connectivity index (χ1n) is 11.1. The average Bonchev–Trinajstić information content (AvgIpc) is 3.54. The van der Waals surface area contributed by atoms with Crippen LogP contribution in [-0.2, 0) is 19.9 Å². The molecule has 9 heteroatoms. The SMILES string of the molecule is O=C(C[N+]12CCC(CC1)[C@@H](OC(=O)C(O)(c1ccccc1)c1ccoc1)C2)Nc1ccon1. The topological polar surface area (TPSA) is 115 Å². The second-order valence-corrected chi connectivity index (χ2v) is 8.93. The van der Waals surface area contributed by atoms with E-state index in [9.17, 15) is 14.7 Å². The van der Waals surface area contributed by atoms with Crippen molar-refractivity contribution in [2.45, 2.75) is 24.5 Å². The molecule has 0 aliphatic carbocycles. The van der Waals surface area contributed by atoms with Gasteiger partial charge in [-0.2, -0.15) is 0 Å². The molecule has 0 saturated carbocycles. The van der Waals surface area contributed by atoms with Crippen molar-refractivity contribution in [2.75, 3.05) is 31.5 Å². The molecule has 33 heavy (non-hydrogen) atoms. The van der Waals surface area contributed by atoms with E-state index in [1.165, 1.54) is 18.8 Å². The maximum Gasteiger partial charge on any atom is 0.348 e. The number of fused-ring (bicyclic) bond motifs is 3. The molecule has 2 N–H and O–H groups in total. The Morgan fingerprint density at radius 1 is 1.12 bits per heavy atom. The third-order valence-corrected chi connectivity index (χ3v) is 6.91. The zero-order valence-corrected chi connectivity index (χ0v) is 18.1. The van der Waals surface area contributed by atoms with E-state index < -0.39 is 11.6 Å². The second kappa shape index (κ2) is 8.49. The van der Waals surface area contributed by atoms with Crippen molar-refractivity contribution in [2.24, 2.45) is 5.92 Å². The van der Waals surface area contributed by atoms with Crippen LogP contribution in [0.25, 0.3) is 0 Å². The summed E-state index contributed by atoms with van der Waals surface area (Å²) in [5, 5.41) is 18.0. The highest BCUT2D eigenvalue weighted by molar-refractivity contribution is 5.90. The number of carbonyl (C=O) groups is 2. The van der Waals surface area contributed by atoms with E-state index in [4.69, 9.17) is 13.7 Å². The second-order valence-electron chi connectivity index (χ2n) is 8.93. The monoisotopic (exact) mass is 452 g/mol. The van der Waals surface area contributed by atoms with Crippen LogP contribution in [0.15, 0.2) is 70.2 Å². The lowest BCUT2D eigenvalue weighted by atomic mass is 9.82. The van der Waals surface area contributed by atoms with Gasteiger partial charge in [-0.3, -0.25) is 4.79 Å². The smallest absolute Gasteiger partial charge is 0.348 e. The molecule has 3 aliphatic rings. The molecule has 1 unspecified atom stereocenters. The van der Waals surface area contributed by atoms with Crippen LogP contribution in [0.2, 0.25) is 0 Å². The van der Waals surface area contributed by atoms with Crippen molar-refractivity contribution in [3.8, 4) is 0 Å². The molecule has 2 atom stereocenters. The third-order valence-electron chi connectivity index (χ3n) is 6.91. The van der Waals surface area contributed by atoms with E-state index in [-0.39, 0.29) is 24.5 Å². The number of aliphatic hydroxyl groups is 1. The van der Waals surface area contributed by atoms with Crippen molar-refractivity contribution in [1.82, 2.24) is 5.16 Å².